The molecule has 1 saturated heterocycles. The lowest BCUT2D eigenvalue weighted by Gasteiger charge is -2.45. The molecule has 1 aliphatic heterocycles. The summed E-state index contributed by atoms with van der Waals surface area (Å²) >= 11 is 0. The van der Waals surface area contributed by atoms with E-state index in [0.717, 1.165) is 24.2 Å². The van der Waals surface area contributed by atoms with Gasteiger partial charge in [-0.05, 0) is 44.4 Å². The fourth-order valence-electron chi connectivity index (χ4n) is 3.77. The molecule has 1 N–H and O–H groups in total. The van der Waals surface area contributed by atoms with Crippen molar-refractivity contribution in [1.29, 1.82) is 0 Å². The highest BCUT2D eigenvalue weighted by Gasteiger charge is 2.39. The summed E-state index contributed by atoms with van der Waals surface area (Å²) in [5, 5.41) is 13.5. The van der Waals surface area contributed by atoms with E-state index in [1.54, 1.807) is 12.1 Å². The molecule has 1 aromatic heterocycles. The number of nitrogens with zero attached hydrogens (tertiary/aromatic N) is 4. The Labute approximate surface area is 156 Å². The third kappa shape index (κ3) is 3.53. The maximum Gasteiger partial charge on any atom is 0.407 e. The van der Waals surface area contributed by atoms with Gasteiger partial charge in [-0.1, -0.05) is 17.3 Å². The van der Waals surface area contributed by atoms with Gasteiger partial charge in [-0.2, -0.15) is 4.98 Å². The van der Waals surface area contributed by atoms with Crippen LogP contribution in [0, 0.1) is 5.82 Å². The van der Waals surface area contributed by atoms with Crippen molar-refractivity contribution in [3.63, 3.8) is 0 Å². The lowest BCUT2D eigenvalue weighted by molar-refractivity contribution is 0.0211. The second kappa shape index (κ2) is 6.92. The molecule has 27 heavy (non-hydrogen) atoms. The summed E-state index contributed by atoms with van der Waals surface area (Å²) in [7, 11) is 0. The largest absolute Gasteiger partial charge is 0.465 e. The molecule has 0 radical (unpaired) electrons. The van der Waals surface area contributed by atoms with Crippen LogP contribution in [0.15, 0.2) is 28.8 Å². The van der Waals surface area contributed by atoms with E-state index in [4.69, 9.17) is 4.52 Å². The second-order valence-corrected chi connectivity index (χ2v) is 7.55. The molecule has 2 fully saturated rings. The molecule has 4 rings (SSSR count). The summed E-state index contributed by atoms with van der Waals surface area (Å²) in [6.07, 6.45) is 1.23. The summed E-state index contributed by atoms with van der Waals surface area (Å²) < 4.78 is 19.1. The van der Waals surface area contributed by atoms with Gasteiger partial charge >= 0.3 is 6.09 Å². The van der Waals surface area contributed by atoms with Gasteiger partial charge in [0.15, 0.2) is 5.82 Å². The number of carboxylic acid groups (broad SMARTS) is 1. The topological polar surface area (TPSA) is 82.7 Å². The van der Waals surface area contributed by atoms with Gasteiger partial charge in [0.1, 0.15) is 11.9 Å². The smallest absolute Gasteiger partial charge is 0.407 e. The first kappa shape index (κ1) is 17.9. The predicted molar refractivity (Wildman–Crippen MR) is 94.9 cm³/mol. The first-order valence-electron chi connectivity index (χ1n) is 9.28. The quantitative estimate of drug-likeness (QED) is 0.885. The van der Waals surface area contributed by atoms with Gasteiger partial charge in [0.25, 0.3) is 0 Å². The molecule has 2 heterocycles. The Morgan fingerprint density at radius 3 is 2.56 bits per heavy atom. The SMILES string of the molecule is C[C@@H]1CN(C(=O)O)[C@@H](C)CN1C(c1ccc(F)cc1)c1nc(C2CC2)no1. The van der Waals surface area contributed by atoms with Gasteiger partial charge in [-0.15, -0.1) is 0 Å². The third-order valence-corrected chi connectivity index (χ3v) is 5.43. The normalized spacial score (nSPS) is 24.8. The minimum atomic E-state index is -0.916. The molecular formula is C19H23FN4O3. The van der Waals surface area contributed by atoms with Crippen molar-refractivity contribution in [2.45, 2.75) is 50.7 Å². The van der Waals surface area contributed by atoms with E-state index in [9.17, 15) is 14.3 Å². The zero-order chi connectivity index (χ0) is 19.1. The Morgan fingerprint density at radius 1 is 1.22 bits per heavy atom. The highest BCUT2D eigenvalue weighted by Crippen LogP contribution is 2.40. The molecule has 2 aromatic rings. The fraction of sp³-hybridized carbons (Fsp3) is 0.526. The molecule has 1 aromatic carbocycles. The number of rotatable bonds is 4. The van der Waals surface area contributed by atoms with Crippen LogP contribution in [-0.4, -0.2) is 56.3 Å². The molecule has 8 heteroatoms. The number of halogens is 1. The number of carbonyl (C=O) groups is 1. The second-order valence-electron chi connectivity index (χ2n) is 7.55. The van der Waals surface area contributed by atoms with Crippen molar-refractivity contribution in [2.75, 3.05) is 13.1 Å². The van der Waals surface area contributed by atoms with Crippen LogP contribution < -0.4 is 0 Å². The molecular weight excluding hydrogens is 351 g/mol. The predicted octanol–water partition coefficient (Wildman–Crippen LogP) is 3.25. The van der Waals surface area contributed by atoms with Crippen molar-refractivity contribution in [3.8, 4) is 0 Å². The van der Waals surface area contributed by atoms with Gasteiger partial charge in [0.2, 0.25) is 5.89 Å². The van der Waals surface area contributed by atoms with Crippen LogP contribution in [0.25, 0.3) is 0 Å². The van der Waals surface area contributed by atoms with Crippen molar-refractivity contribution < 1.29 is 18.8 Å². The van der Waals surface area contributed by atoms with Crippen LogP contribution in [0.3, 0.4) is 0 Å². The first-order valence-corrected chi connectivity index (χ1v) is 9.28. The minimum absolute atomic E-state index is 0.0522. The van der Waals surface area contributed by atoms with Gasteiger partial charge in [-0.25, -0.2) is 9.18 Å². The zero-order valence-corrected chi connectivity index (χ0v) is 15.4. The monoisotopic (exact) mass is 374 g/mol. The highest BCUT2D eigenvalue weighted by molar-refractivity contribution is 5.65. The third-order valence-electron chi connectivity index (χ3n) is 5.43. The Hall–Kier alpha value is -2.48. The van der Waals surface area contributed by atoms with Crippen molar-refractivity contribution >= 4 is 6.09 Å². The maximum absolute atomic E-state index is 13.5. The van der Waals surface area contributed by atoms with Crippen molar-refractivity contribution in [2.24, 2.45) is 0 Å². The molecule has 144 valence electrons. The number of piperazine rings is 1. The van der Waals surface area contributed by atoms with E-state index in [1.807, 2.05) is 13.8 Å². The average Bonchev–Trinajstić information content (AvgIpc) is 3.38. The van der Waals surface area contributed by atoms with Crippen LogP contribution in [0.5, 0.6) is 0 Å². The van der Waals surface area contributed by atoms with Crippen LogP contribution in [0.1, 0.15) is 55.9 Å². The van der Waals surface area contributed by atoms with Gasteiger partial charge < -0.3 is 14.5 Å². The molecule has 0 bridgehead atoms. The molecule has 3 atom stereocenters. The Morgan fingerprint density at radius 2 is 1.93 bits per heavy atom. The maximum atomic E-state index is 13.5. The van der Waals surface area contributed by atoms with E-state index in [1.165, 1.54) is 17.0 Å². The number of hydrogen-bond acceptors (Lipinski definition) is 5. The molecule has 1 unspecified atom stereocenters. The van der Waals surface area contributed by atoms with E-state index in [2.05, 4.69) is 15.0 Å². The molecule has 1 amide bonds. The van der Waals surface area contributed by atoms with Crippen LogP contribution in [0.4, 0.5) is 9.18 Å². The standard InChI is InChI=1S/C19H23FN4O3/c1-11-10-24(19(25)26)12(2)9-23(11)16(13-5-7-15(20)8-6-13)18-21-17(22-27-18)14-3-4-14/h5-8,11-12,14,16H,3-4,9-10H2,1-2H3,(H,25,26)/t11-,12+,16?/m1/s1. The minimum Gasteiger partial charge on any atom is -0.465 e. The Balaban J connectivity index is 1.68. The molecule has 1 saturated carbocycles. The van der Waals surface area contributed by atoms with Crippen LogP contribution in [-0.2, 0) is 0 Å². The summed E-state index contributed by atoms with van der Waals surface area (Å²) in [6.45, 7) is 4.78. The number of amides is 1. The van der Waals surface area contributed by atoms with Gasteiger partial charge in [0, 0.05) is 31.1 Å². The zero-order valence-electron chi connectivity index (χ0n) is 15.4. The summed E-state index contributed by atoms with van der Waals surface area (Å²) in [5.74, 6) is 1.27. The number of hydrogen-bond donors (Lipinski definition) is 1. The number of aromatic nitrogens is 2. The summed E-state index contributed by atoms with van der Waals surface area (Å²) in [6, 6.07) is 5.73. The van der Waals surface area contributed by atoms with Gasteiger partial charge in [-0.3, -0.25) is 4.90 Å². The fourth-order valence-corrected chi connectivity index (χ4v) is 3.77. The first-order chi connectivity index (χ1) is 12.9. The highest BCUT2D eigenvalue weighted by atomic mass is 19.1. The van der Waals surface area contributed by atoms with E-state index < -0.39 is 6.09 Å². The summed E-state index contributed by atoms with van der Waals surface area (Å²) in [5.41, 5.74) is 0.852. The molecule has 0 spiro atoms. The van der Waals surface area contributed by atoms with E-state index in [-0.39, 0.29) is 23.9 Å². The molecule has 7 nitrogen and oxygen atoms in total. The number of benzene rings is 1. The lowest BCUT2D eigenvalue weighted by Crippen LogP contribution is -2.58. The Kier molecular flexibility index (Phi) is 4.59. The molecule has 1 aliphatic carbocycles. The van der Waals surface area contributed by atoms with Crippen LogP contribution in [0.2, 0.25) is 0 Å². The van der Waals surface area contributed by atoms with Crippen LogP contribution >= 0.6 is 0 Å². The van der Waals surface area contributed by atoms with E-state index in [0.29, 0.717) is 24.9 Å². The van der Waals surface area contributed by atoms with E-state index >= 15 is 0 Å². The molecule has 2 aliphatic rings. The Bertz CT molecular complexity index is 821. The average molecular weight is 374 g/mol. The summed E-state index contributed by atoms with van der Waals surface area (Å²) in [4.78, 5) is 19.7. The van der Waals surface area contributed by atoms with Gasteiger partial charge in [0.05, 0.1) is 0 Å². The van der Waals surface area contributed by atoms with Crippen molar-refractivity contribution in [3.05, 3.63) is 47.4 Å². The lowest BCUT2D eigenvalue weighted by atomic mass is 9.99. The van der Waals surface area contributed by atoms with Crippen molar-refractivity contribution in [1.82, 2.24) is 19.9 Å².